The van der Waals surface area contributed by atoms with Gasteiger partial charge in [0, 0.05) is 11.6 Å². The summed E-state index contributed by atoms with van der Waals surface area (Å²) in [6.07, 6.45) is -2.22. The molecule has 3 rings (SSSR count). The first-order valence-electron chi connectivity index (χ1n) is 6.97. The van der Waals surface area contributed by atoms with E-state index in [1.165, 1.54) is 12.1 Å². The summed E-state index contributed by atoms with van der Waals surface area (Å²) in [7, 11) is 0. The van der Waals surface area contributed by atoms with Gasteiger partial charge in [-0.2, -0.15) is 13.2 Å². The Kier molecular flexibility index (Phi) is 3.86. The largest absolute Gasteiger partial charge is 0.416 e. The topological polar surface area (TPSA) is 30.0 Å². The number of pyridine rings is 1. The van der Waals surface area contributed by atoms with Crippen LogP contribution in [0.1, 0.15) is 22.6 Å². The Balaban J connectivity index is 2.15. The molecular weight excluding hydrogens is 303 g/mol. The van der Waals surface area contributed by atoms with Gasteiger partial charge in [-0.15, -0.1) is 0 Å². The molecule has 1 aromatic heterocycles. The third-order valence-corrected chi connectivity index (χ3v) is 3.73. The lowest BCUT2D eigenvalue weighted by atomic mass is 9.89. The smallest absolute Gasteiger partial charge is 0.302 e. The zero-order valence-corrected chi connectivity index (χ0v) is 11.9. The number of aromatic nitrogens is 1. The van der Waals surface area contributed by atoms with E-state index >= 15 is 0 Å². The van der Waals surface area contributed by atoms with Gasteiger partial charge >= 0.3 is 6.18 Å². The highest BCUT2D eigenvalue weighted by Gasteiger charge is 2.31. The number of nitrogens with zero attached hydrogens (tertiary/aromatic N) is 1. The Morgan fingerprint density at radius 3 is 2.52 bits per heavy atom. The lowest BCUT2D eigenvalue weighted by molar-refractivity contribution is -0.137. The van der Waals surface area contributed by atoms with E-state index in [9.17, 15) is 18.0 Å². The van der Waals surface area contributed by atoms with Gasteiger partial charge in [0.2, 0.25) is 0 Å². The van der Waals surface area contributed by atoms with E-state index in [-0.39, 0.29) is 0 Å². The van der Waals surface area contributed by atoms with Crippen molar-refractivity contribution in [2.45, 2.75) is 12.1 Å². The second-order valence-electron chi connectivity index (χ2n) is 5.15. The van der Waals surface area contributed by atoms with Crippen LogP contribution in [0.2, 0.25) is 0 Å². The molecule has 0 saturated carbocycles. The highest BCUT2D eigenvalue weighted by atomic mass is 19.4. The lowest BCUT2D eigenvalue weighted by Gasteiger charge is -2.15. The molecule has 0 bridgehead atoms. The number of hydrogen-bond donors (Lipinski definition) is 0. The molecule has 5 heteroatoms. The van der Waals surface area contributed by atoms with E-state index < -0.39 is 17.7 Å². The first-order valence-corrected chi connectivity index (χ1v) is 6.97. The van der Waals surface area contributed by atoms with Crippen LogP contribution in [0.25, 0.3) is 10.9 Å². The monoisotopic (exact) mass is 315 g/mol. The summed E-state index contributed by atoms with van der Waals surface area (Å²) >= 11 is 0. The Bertz CT molecular complexity index is 853. The van der Waals surface area contributed by atoms with E-state index in [0.717, 1.165) is 17.5 Å². The molecule has 1 unspecified atom stereocenters. The van der Waals surface area contributed by atoms with Gasteiger partial charge in [-0.1, -0.05) is 36.4 Å². The molecule has 0 aliphatic carbocycles. The predicted molar refractivity (Wildman–Crippen MR) is 81.1 cm³/mol. The summed E-state index contributed by atoms with van der Waals surface area (Å²) in [5.41, 5.74) is 0.889. The van der Waals surface area contributed by atoms with Crippen LogP contribution < -0.4 is 0 Å². The molecular formula is C18H12F3NO. The molecule has 0 fully saturated rings. The summed E-state index contributed by atoms with van der Waals surface area (Å²) in [5.74, 6) is -0.773. The van der Waals surface area contributed by atoms with Gasteiger partial charge in [0.15, 0.2) is 0 Å². The molecule has 116 valence electrons. The first-order chi connectivity index (χ1) is 11.0. The number of carbonyl (C=O) groups is 1. The fourth-order valence-corrected chi connectivity index (χ4v) is 2.63. The van der Waals surface area contributed by atoms with Crippen molar-refractivity contribution in [3.8, 4) is 0 Å². The standard InChI is InChI=1S/C18H12F3NO/c19-18(20,21)13-5-3-4-12(10-13)16(11-23)14-8-9-22-17-7-2-1-6-15(14)17/h1-11,16H. The number of rotatable bonds is 3. The van der Waals surface area contributed by atoms with Crippen molar-refractivity contribution in [2.24, 2.45) is 0 Å². The molecule has 0 aliphatic rings. The van der Waals surface area contributed by atoms with Gasteiger partial charge < -0.3 is 4.79 Å². The van der Waals surface area contributed by atoms with Crippen LogP contribution in [-0.4, -0.2) is 11.3 Å². The number of fused-ring (bicyclic) bond motifs is 1. The highest BCUT2D eigenvalue weighted by Crippen LogP contribution is 2.33. The molecule has 2 nitrogen and oxygen atoms in total. The van der Waals surface area contributed by atoms with E-state index in [2.05, 4.69) is 4.98 Å². The average molecular weight is 315 g/mol. The number of hydrogen-bond acceptors (Lipinski definition) is 2. The molecule has 0 spiro atoms. The quantitative estimate of drug-likeness (QED) is 0.662. The maximum atomic E-state index is 12.9. The number of para-hydroxylation sites is 1. The number of benzene rings is 2. The van der Waals surface area contributed by atoms with E-state index in [0.29, 0.717) is 22.9 Å². The van der Waals surface area contributed by atoms with Crippen LogP contribution in [0.3, 0.4) is 0 Å². The Morgan fingerprint density at radius 1 is 1.00 bits per heavy atom. The van der Waals surface area contributed by atoms with Crippen LogP contribution >= 0.6 is 0 Å². The molecule has 23 heavy (non-hydrogen) atoms. The highest BCUT2D eigenvalue weighted by molar-refractivity contribution is 5.86. The summed E-state index contributed by atoms with van der Waals surface area (Å²) in [5, 5.41) is 0.754. The van der Waals surface area contributed by atoms with Crippen LogP contribution in [-0.2, 0) is 11.0 Å². The van der Waals surface area contributed by atoms with Crippen LogP contribution in [0.5, 0.6) is 0 Å². The van der Waals surface area contributed by atoms with Crippen molar-refractivity contribution in [2.75, 3.05) is 0 Å². The van der Waals surface area contributed by atoms with Crippen LogP contribution in [0.15, 0.2) is 60.8 Å². The van der Waals surface area contributed by atoms with Crippen molar-refractivity contribution in [1.82, 2.24) is 4.98 Å². The van der Waals surface area contributed by atoms with Gasteiger partial charge in [-0.05, 0) is 29.3 Å². The Labute approximate surface area is 130 Å². The third kappa shape index (κ3) is 2.95. The minimum Gasteiger partial charge on any atom is -0.302 e. The van der Waals surface area contributed by atoms with Gasteiger partial charge in [-0.25, -0.2) is 0 Å². The number of halogens is 3. The summed E-state index contributed by atoms with van der Waals surface area (Å²) in [6, 6.07) is 13.8. The van der Waals surface area contributed by atoms with E-state index in [1.54, 1.807) is 18.3 Å². The van der Waals surface area contributed by atoms with Crippen molar-refractivity contribution in [3.05, 3.63) is 77.5 Å². The first kappa shape index (κ1) is 15.2. The van der Waals surface area contributed by atoms with Gasteiger partial charge in [0.25, 0.3) is 0 Å². The SMILES string of the molecule is O=CC(c1cccc(C(F)(F)F)c1)c1ccnc2ccccc12. The maximum absolute atomic E-state index is 12.9. The van der Waals surface area contributed by atoms with E-state index in [4.69, 9.17) is 0 Å². The third-order valence-electron chi connectivity index (χ3n) is 3.73. The normalized spacial score (nSPS) is 13.0. The van der Waals surface area contributed by atoms with Gasteiger partial charge in [0.1, 0.15) is 6.29 Å². The van der Waals surface area contributed by atoms with Crippen LogP contribution in [0, 0.1) is 0 Å². The fraction of sp³-hybridized carbons (Fsp3) is 0.111. The zero-order valence-electron chi connectivity index (χ0n) is 11.9. The second-order valence-corrected chi connectivity index (χ2v) is 5.15. The van der Waals surface area contributed by atoms with Crippen LogP contribution in [0.4, 0.5) is 13.2 Å². The average Bonchev–Trinajstić information content (AvgIpc) is 2.55. The zero-order chi connectivity index (χ0) is 16.4. The summed E-state index contributed by atoms with van der Waals surface area (Å²) in [4.78, 5) is 15.8. The molecule has 0 saturated heterocycles. The predicted octanol–water partition coefficient (Wildman–Crippen LogP) is 4.58. The number of carbonyl (C=O) groups excluding carboxylic acids is 1. The summed E-state index contributed by atoms with van der Waals surface area (Å²) in [6.45, 7) is 0. The lowest BCUT2D eigenvalue weighted by Crippen LogP contribution is -2.08. The Hall–Kier alpha value is -2.69. The molecule has 3 aromatic rings. The molecule has 0 amide bonds. The van der Waals surface area contributed by atoms with E-state index in [1.807, 2.05) is 18.2 Å². The van der Waals surface area contributed by atoms with Crippen molar-refractivity contribution < 1.29 is 18.0 Å². The number of aldehydes is 1. The molecule has 0 N–H and O–H groups in total. The van der Waals surface area contributed by atoms with Crippen molar-refractivity contribution in [3.63, 3.8) is 0 Å². The maximum Gasteiger partial charge on any atom is 0.416 e. The second kappa shape index (κ2) is 5.83. The van der Waals surface area contributed by atoms with Gasteiger partial charge in [-0.3, -0.25) is 4.98 Å². The fourth-order valence-electron chi connectivity index (χ4n) is 2.63. The van der Waals surface area contributed by atoms with Crippen molar-refractivity contribution >= 4 is 17.2 Å². The van der Waals surface area contributed by atoms with Gasteiger partial charge in [0.05, 0.1) is 17.0 Å². The molecule has 1 atom stereocenters. The van der Waals surface area contributed by atoms with Crippen molar-refractivity contribution in [1.29, 1.82) is 0 Å². The number of alkyl halides is 3. The molecule has 0 aliphatic heterocycles. The Morgan fingerprint density at radius 2 is 1.78 bits per heavy atom. The minimum atomic E-state index is -4.44. The molecule has 0 radical (unpaired) electrons. The summed E-state index contributed by atoms with van der Waals surface area (Å²) < 4.78 is 38.7. The minimum absolute atomic E-state index is 0.311. The molecule has 2 aromatic carbocycles. The molecule has 1 heterocycles.